The van der Waals surface area contributed by atoms with Crippen molar-refractivity contribution in [3.63, 3.8) is 0 Å². The molecule has 2 aliphatic rings. The second-order valence-corrected chi connectivity index (χ2v) is 8.06. The van der Waals surface area contributed by atoms with Gasteiger partial charge in [-0.3, -0.25) is 4.79 Å². The Bertz CT molecular complexity index is 1080. The molecular formula is C23H20BrNO4. The van der Waals surface area contributed by atoms with Gasteiger partial charge in [0.1, 0.15) is 12.4 Å². The normalized spacial score (nSPS) is 17.7. The van der Waals surface area contributed by atoms with Gasteiger partial charge in [0.15, 0.2) is 0 Å². The molecule has 1 amide bonds. The van der Waals surface area contributed by atoms with Crippen LogP contribution in [0.15, 0.2) is 65.1 Å². The molecule has 0 radical (unpaired) electrons. The monoisotopic (exact) mass is 453 g/mol. The second kappa shape index (κ2) is 7.44. The van der Waals surface area contributed by atoms with E-state index in [2.05, 4.69) is 28.1 Å². The number of benzene rings is 3. The number of hydrogen-bond acceptors (Lipinski definition) is 4. The third-order valence-electron chi connectivity index (χ3n) is 5.33. The van der Waals surface area contributed by atoms with Crippen LogP contribution in [0.1, 0.15) is 12.0 Å². The van der Waals surface area contributed by atoms with Crippen LogP contribution in [0.5, 0.6) is 5.75 Å². The van der Waals surface area contributed by atoms with Gasteiger partial charge in [-0.2, -0.15) is 0 Å². The minimum Gasteiger partial charge on any atom is -0.492 e. The summed E-state index contributed by atoms with van der Waals surface area (Å²) in [7, 11) is 0. The molecule has 3 aromatic rings. The van der Waals surface area contributed by atoms with Gasteiger partial charge in [-0.1, -0.05) is 46.3 Å². The summed E-state index contributed by atoms with van der Waals surface area (Å²) in [5.74, 6) is -0.737. The van der Waals surface area contributed by atoms with Gasteiger partial charge >= 0.3 is 0 Å². The smallest absolute Gasteiger partial charge is 0.292 e. The first-order chi connectivity index (χ1) is 14.2. The van der Waals surface area contributed by atoms with Crippen molar-refractivity contribution < 1.29 is 19.0 Å². The Hall–Kier alpha value is -2.41. The zero-order valence-electron chi connectivity index (χ0n) is 15.8. The van der Waals surface area contributed by atoms with Crippen LogP contribution in [0.4, 0.5) is 5.69 Å². The maximum absolute atomic E-state index is 13.3. The standard InChI is InChI=1S/C23H20BrNO4/c24-18-7-9-21-20(15-18)23(28-11-3-12-29-23)22(26)25(21)10-13-27-19-8-6-16-4-1-2-5-17(16)14-19/h1-2,4-9,14-15H,3,10-13H2. The van der Waals surface area contributed by atoms with E-state index < -0.39 is 5.79 Å². The van der Waals surface area contributed by atoms with Crippen LogP contribution in [0, 0.1) is 0 Å². The van der Waals surface area contributed by atoms with Crippen LogP contribution >= 0.6 is 15.9 Å². The molecule has 0 bridgehead atoms. The van der Waals surface area contributed by atoms with E-state index >= 15 is 0 Å². The zero-order valence-corrected chi connectivity index (χ0v) is 17.4. The molecule has 1 spiro atoms. The van der Waals surface area contributed by atoms with Crippen molar-refractivity contribution in [3.05, 3.63) is 70.7 Å². The van der Waals surface area contributed by atoms with Crippen LogP contribution in [-0.4, -0.2) is 32.3 Å². The fraction of sp³-hybridized carbons (Fsp3) is 0.261. The van der Waals surface area contributed by atoms with E-state index in [1.807, 2.05) is 48.5 Å². The number of fused-ring (bicyclic) bond motifs is 3. The van der Waals surface area contributed by atoms with E-state index in [0.29, 0.717) is 26.4 Å². The Labute approximate surface area is 177 Å². The first kappa shape index (κ1) is 18.6. The molecule has 1 saturated heterocycles. The summed E-state index contributed by atoms with van der Waals surface area (Å²) in [6.45, 7) is 1.78. The fourth-order valence-electron chi connectivity index (χ4n) is 3.95. The minimum atomic E-state index is -1.33. The Kier molecular flexibility index (Phi) is 4.78. The molecule has 2 aliphatic heterocycles. The third-order valence-corrected chi connectivity index (χ3v) is 5.83. The molecule has 5 nitrogen and oxygen atoms in total. The van der Waals surface area contributed by atoms with Crippen molar-refractivity contribution in [1.82, 2.24) is 0 Å². The van der Waals surface area contributed by atoms with Crippen molar-refractivity contribution in [2.45, 2.75) is 12.2 Å². The lowest BCUT2D eigenvalue weighted by molar-refractivity contribution is -0.256. The van der Waals surface area contributed by atoms with Crippen molar-refractivity contribution in [1.29, 1.82) is 0 Å². The average molecular weight is 454 g/mol. The summed E-state index contributed by atoms with van der Waals surface area (Å²) in [4.78, 5) is 15.0. The lowest BCUT2D eigenvalue weighted by Crippen LogP contribution is -2.48. The molecule has 6 heteroatoms. The summed E-state index contributed by atoms with van der Waals surface area (Å²) in [6, 6.07) is 19.9. The van der Waals surface area contributed by atoms with Crippen molar-refractivity contribution in [2.24, 2.45) is 0 Å². The van der Waals surface area contributed by atoms with Gasteiger partial charge in [0.05, 0.1) is 25.4 Å². The largest absolute Gasteiger partial charge is 0.492 e. The van der Waals surface area contributed by atoms with E-state index in [4.69, 9.17) is 14.2 Å². The molecule has 148 valence electrons. The number of carbonyl (C=O) groups is 1. The van der Waals surface area contributed by atoms with Crippen LogP contribution in [0.2, 0.25) is 0 Å². The molecule has 29 heavy (non-hydrogen) atoms. The highest BCUT2D eigenvalue weighted by Gasteiger charge is 2.54. The van der Waals surface area contributed by atoms with Crippen LogP contribution in [-0.2, 0) is 20.1 Å². The average Bonchev–Trinajstić information content (AvgIpc) is 2.96. The van der Waals surface area contributed by atoms with Gasteiger partial charge in [-0.25, -0.2) is 0 Å². The molecule has 5 rings (SSSR count). The summed E-state index contributed by atoms with van der Waals surface area (Å²) < 4.78 is 18.6. The van der Waals surface area contributed by atoms with Gasteiger partial charge in [0.25, 0.3) is 11.7 Å². The van der Waals surface area contributed by atoms with Crippen molar-refractivity contribution >= 4 is 38.3 Å². The molecule has 0 N–H and O–H groups in total. The van der Waals surface area contributed by atoms with Gasteiger partial charge in [-0.15, -0.1) is 0 Å². The number of anilines is 1. The Morgan fingerprint density at radius 1 is 1.00 bits per heavy atom. The highest BCUT2D eigenvalue weighted by Crippen LogP contribution is 2.46. The predicted octanol–water partition coefficient (Wildman–Crippen LogP) is 4.62. The summed E-state index contributed by atoms with van der Waals surface area (Å²) >= 11 is 3.49. The molecule has 2 heterocycles. The zero-order chi connectivity index (χ0) is 19.8. The quantitative estimate of drug-likeness (QED) is 0.578. The first-order valence-electron chi connectivity index (χ1n) is 9.69. The Morgan fingerprint density at radius 2 is 1.79 bits per heavy atom. The van der Waals surface area contributed by atoms with Gasteiger partial charge < -0.3 is 19.1 Å². The van der Waals surface area contributed by atoms with E-state index in [1.54, 1.807) is 4.90 Å². The molecule has 0 saturated carbocycles. The summed E-state index contributed by atoms with van der Waals surface area (Å²) in [5, 5.41) is 2.29. The maximum atomic E-state index is 13.3. The van der Waals surface area contributed by atoms with Crippen molar-refractivity contribution in [2.75, 3.05) is 31.3 Å². The second-order valence-electron chi connectivity index (χ2n) is 7.14. The lowest BCUT2D eigenvalue weighted by atomic mass is 10.1. The van der Waals surface area contributed by atoms with Gasteiger partial charge in [-0.05, 0) is 47.5 Å². The lowest BCUT2D eigenvalue weighted by Gasteiger charge is -2.32. The molecule has 3 aromatic carbocycles. The summed E-state index contributed by atoms with van der Waals surface area (Å²) in [6.07, 6.45) is 0.781. The highest BCUT2D eigenvalue weighted by atomic mass is 79.9. The minimum absolute atomic E-state index is 0.188. The topological polar surface area (TPSA) is 48.0 Å². The maximum Gasteiger partial charge on any atom is 0.292 e. The van der Waals surface area contributed by atoms with Crippen LogP contribution < -0.4 is 9.64 Å². The Morgan fingerprint density at radius 3 is 2.62 bits per heavy atom. The number of ether oxygens (including phenoxy) is 3. The number of rotatable bonds is 4. The first-order valence-corrected chi connectivity index (χ1v) is 10.5. The number of amides is 1. The van der Waals surface area contributed by atoms with Crippen LogP contribution in [0.3, 0.4) is 0 Å². The number of hydrogen-bond donors (Lipinski definition) is 0. The molecule has 0 aromatic heterocycles. The fourth-order valence-corrected chi connectivity index (χ4v) is 4.32. The van der Waals surface area contributed by atoms with Gasteiger partial charge in [0.2, 0.25) is 0 Å². The number of carbonyl (C=O) groups excluding carboxylic acids is 1. The molecule has 1 fully saturated rings. The highest BCUT2D eigenvalue weighted by molar-refractivity contribution is 9.10. The number of halogens is 1. The van der Waals surface area contributed by atoms with Crippen molar-refractivity contribution in [3.8, 4) is 5.75 Å². The molecule has 0 atom stereocenters. The van der Waals surface area contributed by atoms with E-state index in [0.717, 1.165) is 33.3 Å². The number of nitrogens with zero attached hydrogens (tertiary/aromatic N) is 1. The van der Waals surface area contributed by atoms with Gasteiger partial charge in [0, 0.05) is 10.0 Å². The molecule has 0 unspecified atom stereocenters. The molecular weight excluding hydrogens is 434 g/mol. The van der Waals surface area contributed by atoms with E-state index in [-0.39, 0.29) is 5.91 Å². The SMILES string of the molecule is O=C1N(CCOc2ccc3ccccc3c2)c2ccc(Br)cc2C12OCCCO2. The summed E-state index contributed by atoms with van der Waals surface area (Å²) in [5.41, 5.74) is 1.56. The van der Waals surface area contributed by atoms with Crippen LogP contribution in [0.25, 0.3) is 10.8 Å². The Balaban J connectivity index is 1.36. The third kappa shape index (κ3) is 3.21. The predicted molar refractivity (Wildman–Crippen MR) is 114 cm³/mol. The molecule has 0 aliphatic carbocycles. The van der Waals surface area contributed by atoms with E-state index in [9.17, 15) is 4.79 Å². The van der Waals surface area contributed by atoms with E-state index in [1.165, 1.54) is 5.39 Å².